The van der Waals surface area contributed by atoms with Gasteiger partial charge in [0, 0.05) is 19.8 Å². The van der Waals surface area contributed by atoms with E-state index in [1.54, 1.807) is 25.5 Å². The highest BCUT2D eigenvalue weighted by molar-refractivity contribution is 5.83. The van der Waals surface area contributed by atoms with Crippen LogP contribution >= 0.6 is 0 Å². The first kappa shape index (κ1) is 17.3. The van der Waals surface area contributed by atoms with Crippen molar-refractivity contribution in [2.24, 2.45) is 5.10 Å². The Labute approximate surface area is 141 Å². The molecule has 6 heteroatoms. The van der Waals surface area contributed by atoms with E-state index in [0.29, 0.717) is 11.5 Å². The van der Waals surface area contributed by atoms with Crippen molar-refractivity contribution in [1.82, 2.24) is 5.43 Å². The van der Waals surface area contributed by atoms with Gasteiger partial charge in [0.05, 0.1) is 13.3 Å². The predicted molar refractivity (Wildman–Crippen MR) is 95.0 cm³/mol. The summed E-state index contributed by atoms with van der Waals surface area (Å²) in [6, 6.07) is 15.0. The summed E-state index contributed by atoms with van der Waals surface area (Å²) in [6.07, 6.45) is 1.58. The van der Waals surface area contributed by atoms with Crippen LogP contribution < -0.4 is 19.8 Å². The number of ether oxygens (including phenoxy) is 2. The van der Waals surface area contributed by atoms with Gasteiger partial charge in [0.1, 0.15) is 0 Å². The number of rotatable bonds is 7. The zero-order valence-electron chi connectivity index (χ0n) is 14.0. The van der Waals surface area contributed by atoms with Crippen molar-refractivity contribution < 1.29 is 14.3 Å². The lowest BCUT2D eigenvalue weighted by Crippen LogP contribution is -2.24. The van der Waals surface area contributed by atoms with Gasteiger partial charge >= 0.3 is 0 Å². The molecule has 126 valence electrons. The van der Waals surface area contributed by atoms with Gasteiger partial charge in [0.2, 0.25) is 0 Å². The van der Waals surface area contributed by atoms with Crippen LogP contribution in [0.25, 0.3) is 0 Å². The number of hydrazone groups is 1. The summed E-state index contributed by atoms with van der Waals surface area (Å²) < 4.78 is 10.6. The minimum Gasteiger partial charge on any atom is -0.493 e. The number of nitrogens with one attached hydrogen (secondary N) is 1. The Balaban J connectivity index is 1.82. The Morgan fingerprint density at radius 1 is 1.12 bits per heavy atom. The SMILES string of the molecule is COc1ccccc1OCC(=O)NN=Cc1ccc(N(C)C)cc1. The van der Waals surface area contributed by atoms with Gasteiger partial charge in [-0.15, -0.1) is 0 Å². The van der Waals surface area contributed by atoms with Crippen molar-refractivity contribution in [1.29, 1.82) is 0 Å². The van der Waals surface area contributed by atoms with E-state index in [4.69, 9.17) is 9.47 Å². The highest BCUT2D eigenvalue weighted by Gasteiger charge is 2.05. The monoisotopic (exact) mass is 327 g/mol. The molecule has 24 heavy (non-hydrogen) atoms. The summed E-state index contributed by atoms with van der Waals surface area (Å²) in [5.74, 6) is 0.746. The average molecular weight is 327 g/mol. The molecule has 2 aromatic rings. The fourth-order valence-electron chi connectivity index (χ4n) is 1.95. The Morgan fingerprint density at radius 2 is 1.79 bits per heavy atom. The molecule has 0 bridgehead atoms. The number of benzene rings is 2. The number of nitrogens with zero attached hydrogens (tertiary/aromatic N) is 2. The van der Waals surface area contributed by atoms with E-state index in [-0.39, 0.29) is 12.5 Å². The fourth-order valence-corrected chi connectivity index (χ4v) is 1.95. The second-order valence-corrected chi connectivity index (χ2v) is 5.22. The van der Waals surface area contributed by atoms with Crippen molar-refractivity contribution in [3.05, 3.63) is 54.1 Å². The number of anilines is 1. The highest BCUT2D eigenvalue weighted by Crippen LogP contribution is 2.25. The van der Waals surface area contributed by atoms with Crippen LogP contribution in [0.3, 0.4) is 0 Å². The Kier molecular flexibility index (Phi) is 6.19. The van der Waals surface area contributed by atoms with Crippen LogP contribution in [0, 0.1) is 0 Å². The van der Waals surface area contributed by atoms with Crippen molar-refractivity contribution >= 4 is 17.8 Å². The van der Waals surface area contributed by atoms with Gasteiger partial charge in [0.15, 0.2) is 18.1 Å². The summed E-state index contributed by atoms with van der Waals surface area (Å²) >= 11 is 0. The van der Waals surface area contributed by atoms with Crippen molar-refractivity contribution in [2.45, 2.75) is 0 Å². The number of hydrogen-bond acceptors (Lipinski definition) is 5. The van der Waals surface area contributed by atoms with Gasteiger partial charge in [-0.2, -0.15) is 5.10 Å². The molecule has 0 aliphatic heterocycles. The molecule has 0 spiro atoms. The van der Waals surface area contributed by atoms with Gasteiger partial charge < -0.3 is 14.4 Å². The molecular weight excluding hydrogens is 306 g/mol. The van der Waals surface area contributed by atoms with Crippen LogP contribution in [-0.2, 0) is 4.79 Å². The van der Waals surface area contributed by atoms with Gasteiger partial charge in [-0.1, -0.05) is 24.3 Å². The van der Waals surface area contributed by atoms with E-state index in [0.717, 1.165) is 11.3 Å². The number of carbonyl (C=O) groups excluding carboxylic acids is 1. The third-order valence-electron chi connectivity index (χ3n) is 3.24. The lowest BCUT2D eigenvalue weighted by molar-refractivity contribution is -0.123. The van der Waals surface area contributed by atoms with E-state index in [2.05, 4.69) is 10.5 Å². The van der Waals surface area contributed by atoms with Crippen LogP contribution in [-0.4, -0.2) is 39.9 Å². The molecule has 0 saturated heterocycles. The summed E-state index contributed by atoms with van der Waals surface area (Å²) in [7, 11) is 5.50. The highest BCUT2D eigenvalue weighted by atomic mass is 16.5. The number of methoxy groups -OCH3 is 1. The lowest BCUT2D eigenvalue weighted by Gasteiger charge is -2.11. The molecule has 0 unspecified atom stereocenters. The molecule has 2 aromatic carbocycles. The van der Waals surface area contributed by atoms with E-state index in [1.165, 1.54) is 0 Å². The molecule has 1 N–H and O–H groups in total. The molecule has 0 radical (unpaired) electrons. The molecule has 0 aromatic heterocycles. The first-order valence-electron chi connectivity index (χ1n) is 7.45. The Bertz CT molecular complexity index is 697. The zero-order chi connectivity index (χ0) is 17.4. The maximum Gasteiger partial charge on any atom is 0.277 e. The molecule has 0 atom stereocenters. The van der Waals surface area contributed by atoms with E-state index in [1.807, 2.05) is 55.4 Å². The molecule has 6 nitrogen and oxygen atoms in total. The number of carbonyl (C=O) groups is 1. The summed E-state index contributed by atoms with van der Waals surface area (Å²) in [5.41, 5.74) is 4.42. The Hall–Kier alpha value is -3.02. The summed E-state index contributed by atoms with van der Waals surface area (Å²) in [4.78, 5) is 13.8. The van der Waals surface area contributed by atoms with Crippen LogP contribution in [0.15, 0.2) is 53.6 Å². The number of para-hydroxylation sites is 2. The largest absolute Gasteiger partial charge is 0.493 e. The van der Waals surface area contributed by atoms with Crippen LogP contribution in [0.5, 0.6) is 11.5 Å². The van der Waals surface area contributed by atoms with Crippen LogP contribution in [0.2, 0.25) is 0 Å². The first-order chi connectivity index (χ1) is 11.6. The molecule has 0 aliphatic carbocycles. The molecular formula is C18H21N3O3. The van der Waals surface area contributed by atoms with E-state index >= 15 is 0 Å². The molecule has 2 rings (SSSR count). The second kappa shape index (κ2) is 8.57. The summed E-state index contributed by atoms with van der Waals surface area (Å²) in [6.45, 7) is -0.142. The van der Waals surface area contributed by atoms with Crippen molar-refractivity contribution in [3.63, 3.8) is 0 Å². The normalized spacial score (nSPS) is 10.5. The third-order valence-corrected chi connectivity index (χ3v) is 3.24. The molecule has 0 aliphatic rings. The quantitative estimate of drug-likeness (QED) is 0.626. The van der Waals surface area contributed by atoms with E-state index in [9.17, 15) is 4.79 Å². The maximum atomic E-state index is 11.8. The number of hydrogen-bond donors (Lipinski definition) is 1. The zero-order valence-corrected chi connectivity index (χ0v) is 14.0. The fraction of sp³-hybridized carbons (Fsp3) is 0.222. The molecule has 1 amide bonds. The number of amides is 1. The second-order valence-electron chi connectivity index (χ2n) is 5.22. The topological polar surface area (TPSA) is 63.2 Å². The minimum absolute atomic E-state index is 0.142. The Morgan fingerprint density at radius 3 is 2.42 bits per heavy atom. The van der Waals surface area contributed by atoms with Gasteiger partial charge in [-0.05, 0) is 29.8 Å². The smallest absolute Gasteiger partial charge is 0.277 e. The van der Waals surface area contributed by atoms with Gasteiger partial charge in [-0.25, -0.2) is 5.43 Å². The summed E-state index contributed by atoms with van der Waals surface area (Å²) in [5, 5.41) is 3.92. The minimum atomic E-state index is -0.345. The third kappa shape index (κ3) is 5.01. The standard InChI is InChI=1S/C18H21N3O3/c1-21(2)15-10-8-14(9-11-15)12-19-20-18(22)13-24-17-7-5-4-6-16(17)23-3/h4-12H,13H2,1-3H3,(H,20,22). The van der Waals surface area contributed by atoms with Crippen LogP contribution in [0.1, 0.15) is 5.56 Å². The van der Waals surface area contributed by atoms with Crippen LogP contribution in [0.4, 0.5) is 5.69 Å². The first-order valence-corrected chi connectivity index (χ1v) is 7.45. The van der Waals surface area contributed by atoms with Gasteiger partial charge in [-0.3, -0.25) is 4.79 Å². The van der Waals surface area contributed by atoms with Crippen molar-refractivity contribution in [3.8, 4) is 11.5 Å². The molecule has 0 saturated carbocycles. The van der Waals surface area contributed by atoms with Crippen molar-refractivity contribution in [2.75, 3.05) is 32.7 Å². The van der Waals surface area contributed by atoms with Gasteiger partial charge in [0.25, 0.3) is 5.91 Å². The molecule has 0 fully saturated rings. The maximum absolute atomic E-state index is 11.8. The average Bonchev–Trinajstić information content (AvgIpc) is 2.60. The predicted octanol–water partition coefficient (Wildman–Crippen LogP) is 2.29. The lowest BCUT2D eigenvalue weighted by atomic mass is 10.2. The molecule has 0 heterocycles. The van der Waals surface area contributed by atoms with E-state index < -0.39 is 0 Å².